The van der Waals surface area contributed by atoms with E-state index in [1.807, 2.05) is 0 Å². The van der Waals surface area contributed by atoms with Crippen LogP contribution in [0.15, 0.2) is 53.7 Å². The molecule has 0 spiro atoms. The van der Waals surface area contributed by atoms with E-state index in [2.05, 4.69) is 29.3 Å². The van der Waals surface area contributed by atoms with Crippen LogP contribution in [0.2, 0.25) is 0 Å². The average Bonchev–Trinajstić information content (AvgIpc) is 3.33. The van der Waals surface area contributed by atoms with Gasteiger partial charge in [-0.2, -0.15) is 0 Å². The summed E-state index contributed by atoms with van der Waals surface area (Å²) >= 11 is 1.25. The highest BCUT2D eigenvalue weighted by Crippen LogP contribution is 2.37. The number of benzene rings is 1. The summed E-state index contributed by atoms with van der Waals surface area (Å²) in [5, 5.41) is 0.393. The number of thiophene rings is 1. The van der Waals surface area contributed by atoms with Crippen molar-refractivity contribution < 1.29 is 22.7 Å². The van der Waals surface area contributed by atoms with Gasteiger partial charge in [-0.25, -0.2) is 33.1 Å². The molecular weight excluding hydrogens is 530 g/mol. The molecule has 3 aromatic heterocycles. The van der Waals surface area contributed by atoms with Crippen LogP contribution in [0, 0.1) is 0 Å². The lowest BCUT2D eigenvalue weighted by molar-refractivity contribution is -0.134. The van der Waals surface area contributed by atoms with Gasteiger partial charge in [-0.1, -0.05) is 12.1 Å². The highest BCUT2D eigenvalue weighted by molar-refractivity contribution is 7.93. The van der Waals surface area contributed by atoms with E-state index >= 15 is 0 Å². The number of ether oxygens (including phenoxy) is 2. The Morgan fingerprint density at radius 3 is 2.55 bits per heavy atom. The second kappa shape index (κ2) is 10.7. The fourth-order valence-electron chi connectivity index (χ4n) is 3.72. The van der Waals surface area contributed by atoms with Crippen LogP contribution in [0.5, 0.6) is 0 Å². The van der Waals surface area contributed by atoms with E-state index in [1.54, 1.807) is 30.6 Å². The summed E-state index contributed by atoms with van der Waals surface area (Å²) in [6.07, 6.45) is 5.90. The van der Waals surface area contributed by atoms with Crippen molar-refractivity contribution in [3.05, 3.63) is 54.4 Å². The van der Waals surface area contributed by atoms with Crippen LogP contribution in [0.3, 0.4) is 0 Å². The number of nitrogens with two attached hydrogens (primary N) is 1. The molecule has 4 heterocycles. The number of carbonyl (C=O) groups excluding carboxylic acids is 1. The Balaban J connectivity index is 1.47. The van der Waals surface area contributed by atoms with E-state index in [-0.39, 0.29) is 10.8 Å². The molecule has 196 valence electrons. The minimum atomic E-state index is -3.89. The zero-order chi connectivity index (χ0) is 26.7. The Kier molecular flexibility index (Phi) is 7.18. The van der Waals surface area contributed by atoms with Crippen molar-refractivity contribution in [1.29, 1.82) is 0 Å². The summed E-state index contributed by atoms with van der Waals surface area (Å²) in [4.78, 5) is 30.9. The quantitative estimate of drug-likeness (QED) is 0.255. The highest BCUT2D eigenvalue weighted by Gasteiger charge is 2.22. The third-order valence-corrected chi connectivity index (χ3v) is 8.18. The lowest BCUT2D eigenvalue weighted by Crippen LogP contribution is -2.36. The number of nitrogen functional groups attached to an aromatic ring is 1. The second-order valence-electron chi connectivity index (χ2n) is 8.16. The second-order valence-corrected chi connectivity index (χ2v) is 10.9. The van der Waals surface area contributed by atoms with E-state index in [4.69, 9.17) is 15.5 Å². The monoisotopic (exact) mass is 553 g/mol. The van der Waals surface area contributed by atoms with Crippen LogP contribution in [0.25, 0.3) is 27.7 Å². The molecule has 0 saturated carbocycles. The molecule has 0 aliphatic carbocycles. The van der Waals surface area contributed by atoms with Gasteiger partial charge in [0.05, 0.1) is 41.0 Å². The summed E-state index contributed by atoms with van der Waals surface area (Å²) in [6.45, 7) is 2.39. The van der Waals surface area contributed by atoms with Gasteiger partial charge in [0.15, 0.2) is 11.6 Å². The van der Waals surface area contributed by atoms with Gasteiger partial charge in [-0.15, -0.1) is 11.3 Å². The number of sulfonamides is 1. The molecule has 1 aromatic carbocycles. The van der Waals surface area contributed by atoms with Gasteiger partial charge in [0.1, 0.15) is 5.00 Å². The molecule has 5 rings (SSSR count). The van der Waals surface area contributed by atoms with Gasteiger partial charge in [-0.05, 0) is 29.8 Å². The number of anilines is 3. The van der Waals surface area contributed by atoms with Crippen LogP contribution in [0.4, 0.5) is 16.8 Å². The van der Waals surface area contributed by atoms with Gasteiger partial charge in [0.2, 0.25) is 5.95 Å². The lowest BCUT2D eigenvalue weighted by Gasteiger charge is -2.28. The molecule has 0 atom stereocenters. The number of methoxy groups -OCH3 is 1. The molecule has 0 bridgehead atoms. The summed E-state index contributed by atoms with van der Waals surface area (Å²) in [6, 6.07) is 7.80. The van der Waals surface area contributed by atoms with Crippen molar-refractivity contribution in [3.63, 3.8) is 0 Å². The molecule has 3 N–H and O–H groups in total. The van der Waals surface area contributed by atoms with Crippen LogP contribution in [-0.2, 0) is 24.3 Å². The van der Waals surface area contributed by atoms with E-state index in [0.29, 0.717) is 59.6 Å². The highest BCUT2D eigenvalue weighted by atomic mass is 32.2. The predicted octanol–water partition coefficient (Wildman–Crippen LogP) is 2.55. The number of carbonyl (C=O) groups is 1. The third kappa shape index (κ3) is 5.56. The molecule has 0 amide bonds. The fraction of sp³-hybridized carbons (Fsp3) is 0.208. The number of hydrogen-bond acceptors (Lipinski definition) is 12. The van der Waals surface area contributed by atoms with Crippen molar-refractivity contribution in [2.45, 2.75) is 4.90 Å². The molecule has 0 radical (unpaired) electrons. The number of fused-ring (bicyclic) bond motifs is 1. The number of esters is 1. The Labute approximate surface area is 222 Å². The molecule has 14 heteroatoms. The van der Waals surface area contributed by atoms with Crippen molar-refractivity contribution >= 4 is 60.4 Å². The van der Waals surface area contributed by atoms with Gasteiger partial charge >= 0.3 is 5.97 Å². The maximum Gasteiger partial charge on any atom is 0.330 e. The molecule has 12 nitrogen and oxygen atoms in total. The number of nitrogens with zero attached hydrogens (tertiary/aromatic N) is 5. The average molecular weight is 554 g/mol. The Bertz CT molecular complexity index is 1600. The Morgan fingerprint density at radius 1 is 1.16 bits per heavy atom. The largest absolute Gasteiger partial charge is 0.466 e. The minimum Gasteiger partial charge on any atom is -0.466 e. The Morgan fingerprint density at radius 2 is 1.87 bits per heavy atom. The first-order valence-electron chi connectivity index (χ1n) is 11.4. The molecule has 38 heavy (non-hydrogen) atoms. The number of morpholine rings is 1. The fourth-order valence-corrected chi connectivity index (χ4v) is 6.02. The van der Waals surface area contributed by atoms with Crippen molar-refractivity contribution in [1.82, 2.24) is 19.9 Å². The molecule has 4 aromatic rings. The first-order valence-corrected chi connectivity index (χ1v) is 13.7. The van der Waals surface area contributed by atoms with Crippen molar-refractivity contribution in [2.75, 3.05) is 48.8 Å². The van der Waals surface area contributed by atoms with E-state index in [9.17, 15) is 13.2 Å². The van der Waals surface area contributed by atoms with Crippen LogP contribution in [-0.4, -0.2) is 67.7 Å². The summed E-state index contributed by atoms with van der Waals surface area (Å²) in [5.74, 6) is 0.729. The first kappa shape index (κ1) is 25.5. The third-order valence-electron chi connectivity index (χ3n) is 5.63. The Hall–Kier alpha value is -4.14. The molecule has 1 fully saturated rings. The van der Waals surface area contributed by atoms with Crippen LogP contribution >= 0.6 is 11.3 Å². The SMILES string of the molecule is COC(=O)/C=C/c1ccc(S(=O)(=O)Nc2cc3nc(-c4cnc(N)nc4)nc(N4CCOCC4)c3s2)cc1. The number of aromatic nitrogens is 4. The number of nitrogens with one attached hydrogen (secondary N) is 1. The minimum absolute atomic E-state index is 0.0735. The zero-order valence-electron chi connectivity index (χ0n) is 20.2. The predicted molar refractivity (Wildman–Crippen MR) is 144 cm³/mol. The standard InChI is InChI=1S/C24H23N7O5S2/c1-35-20(32)7-4-15-2-5-17(6-3-15)38(33,34)30-19-12-18-21(37-19)23(31-8-10-36-11-9-31)29-22(28-18)16-13-26-24(25)27-14-16/h2-7,12-14,30H,8-11H2,1H3,(H2,25,26,27)/b7-4+. The maximum atomic E-state index is 13.1. The van der Waals surface area contributed by atoms with Gasteiger partial charge in [0, 0.05) is 31.6 Å². The van der Waals surface area contributed by atoms with E-state index in [1.165, 1.54) is 42.7 Å². The molecular formula is C24H23N7O5S2. The van der Waals surface area contributed by atoms with E-state index in [0.717, 1.165) is 4.70 Å². The van der Waals surface area contributed by atoms with Gasteiger partial charge < -0.3 is 20.1 Å². The first-order chi connectivity index (χ1) is 18.3. The van der Waals surface area contributed by atoms with Crippen LogP contribution in [0.1, 0.15) is 5.56 Å². The summed E-state index contributed by atoms with van der Waals surface area (Å²) < 4.78 is 39.7. The molecule has 1 aliphatic rings. The summed E-state index contributed by atoms with van der Waals surface area (Å²) in [5.41, 5.74) is 7.45. The topological polar surface area (TPSA) is 163 Å². The molecule has 1 aliphatic heterocycles. The zero-order valence-corrected chi connectivity index (χ0v) is 21.8. The van der Waals surface area contributed by atoms with Crippen molar-refractivity contribution in [2.24, 2.45) is 0 Å². The van der Waals surface area contributed by atoms with Gasteiger partial charge in [0.25, 0.3) is 10.0 Å². The summed E-state index contributed by atoms with van der Waals surface area (Å²) in [7, 11) is -2.61. The molecule has 1 saturated heterocycles. The van der Waals surface area contributed by atoms with Gasteiger partial charge in [-0.3, -0.25) is 4.72 Å². The maximum absolute atomic E-state index is 13.1. The van der Waals surface area contributed by atoms with Crippen molar-refractivity contribution in [3.8, 4) is 11.4 Å². The van der Waals surface area contributed by atoms with Crippen LogP contribution < -0.4 is 15.4 Å². The smallest absolute Gasteiger partial charge is 0.330 e. The normalized spacial score (nSPS) is 14.2. The number of rotatable bonds is 7. The lowest BCUT2D eigenvalue weighted by atomic mass is 10.2. The number of hydrogen-bond donors (Lipinski definition) is 2. The van der Waals surface area contributed by atoms with E-state index < -0.39 is 16.0 Å². The molecule has 0 unspecified atom stereocenters.